The van der Waals surface area contributed by atoms with Crippen LogP contribution in [0.25, 0.3) is 0 Å². The van der Waals surface area contributed by atoms with Crippen molar-refractivity contribution >= 4 is 23.7 Å². The molecule has 19 heavy (non-hydrogen) atoms. The van der Waals surface area contributed by atoms with E-state index in [2.05, 4.69) is 10.6 Å². The minimum absolute atomic E-state index is 0.0637. The quantitative estimate of drug-likeness (QED) is 0.608. The summed E-state index contributed by atoms with van der Waals surface area (Å²) in [6.07, 6.45) is 0. The number of carbonyl (C=O) groups excluding carboxylic acids is 2. The maximum absolute atomic E-state index is 11.6. The highest BCUT2D eigenvalue weighted by molar-refractivity contribution is 7.99. The second-order valence-corrected chi connectivity index (χ2v) is 5.09. The Hall–Kier alpha value is -1.69. The molecule has 3 amide bonds. The Morgan fingerprint density at radius 1 is 1.26 bits per heavy atom. The van der Waals surface area contributed by atoms with Gasteiger partial charge in [0.25, 0.3) is 0 Å². The second-order valence-electron chi connectivity index (χ2n) is 3.92. The van der Waals surface area contributed by atoms with Gasteiger partial charge in [-0.25, -0.2) is 4.79 Å². The summed E-state index contributed by atoms with van der Waals surface area (Å²) in [6.45, 7) is 0.630. The number of likely N-dealkylation sites (N-methyl/N-ethyl adjacent to an activating group) is 2. The van der Waals surface area contributed by atoms with Gasteiger partial charge in [-0.05, 0) is 12.1 Å². The molecule has 0 aliphatic rings. The highest BCUT2D eigenvalue weighted by atomic mass is 32.2. The molecule has 0 aliphatic carbocycles. The number of hydrogen-bond acceptors (Lipinski definition) is 3. The maximum atomic E-state index is 11.6. The molecule has 0 radical (unpaired) electrons. The fraction of sp³-hybridized carbons (Fsp3) is 0.385. The summed E-state index contributed by atoms with van der Waals surface area (Å²) in [5.41, 5.74) is 0. The van der Waals surface area contributed by atoms with Crippen molar-refractivity contribution < 1.29 is 9.59 Å². The van der Waals surface area contributed by atoms with Crippen LogP contribution >= 0.6 is 11.8 Å². The van der Waals surface area contributed by atoms with Crippen LogP contribution in [0.4, 0.5) is 4.79 Å². The summed E-state index contributed by atoms with van der Waals surface area (Å²) >= 11 is 1.68. The van der Waals surface area contributed by atoms with E-state index in [4.69, 9.17) is 0 Å². The van der Waals surface area contributed by atoms with E-state index in [1.807, 2.05) is 30.3 Å². The van der Waals surface area contributed by atoms with Gasteiger partial charge in [-0.15, -0.1) is 11.8 Å². The molecular weight excluding hydrogens is 262 g/mol. The van der Waals surface area contributed by atoms with E-state index in [0.717, 1.165) is 5.75 Å². The van der Waals surface area contributed by atoms with Crippen molar-refractivity contribution in [2.75, 3.05) is 32.9 Å². The third-order valence-electron chi connectivity index (χ3n) is 2.40. The van der Waals surface area contributed by atoms with Gasteiger partial charge in [0.15, 0.2) is 0 Å². The Kier molecular flexibility index (Phi) is 6.81. The van der Waals surface area contributed by atoms with Gasteiger partial charge in [0.05, 0.1) is 0 Å². The monoisotopic (exact) mass is 281 g/mol. The molecule has 104 valence electrons. The van der Waals surface area contributed by atoms with Gasteiger partial charge < -0.3 is 15.5 Å². The number of rotatable bonds is 6. The van der Waals surface area contributed by atoms with Crippen molar-refractivity contribution in [3.8, 4) is 0 Å². The first-order valence-electron chi connectivity index (χ1n) is 6.01. The SMILES string of the molecule is CNC(=O)CN(C)C(=O)NCCSc1ccccc1. The number of amides is 3. The highest BCUT2D eigenvalue weighted by Crippen LogP contribution is 2.15. The molecule has 0 aliphatic heterocycles. The Morgan fingerprint density at radius 3 is 2.58 bits per heavy atom. The van der Waals surface area contributed by atoms with Crippen molar-refractivity contribution in [2.45, 2.75) is 4.90 Å². The number of nitrogens with zero attached hydrogens (tertiary/aromatic N) is 1. The zero-order valence-corrected chi connectivity index (χ0v) is 12.0. The molecule has 1 rings (SSSR count). The van der Waals surface area contributed by atoms with Gasteiger partial charge in [-0.2, -0.15) is 0 Å². The van der Waals surface area contributed by atoms with E-state index >= 15 is 0 Å². The number of hydrogen-bond donors (Lipinski definition) is 2. The van der Waals surface area contributed by atoms with Crippen LogP contribution in [-0.2, 0) is 4.79 Å². The molecule has 0 saturated carbocycles. The van der Waals surface area contributed by atoms with Crippen LogP contribution in [0.1, 0.15) is 0 Å². The molecule has 0 saturated heterocycles. The number of nitrogens with one attached hydrogen (secondary N) is 2. The fourth-order valence-corrected chi connectivity index (χ4v) is 2.13. The minimum Gasteiger partial charge on any atom is -0.358 e. The Balaban J connectivity index is 2.18. The lowest BCUT2D eigenvalue weighted by Gasteiger charge is -2.16. The lowest BCUT2D eigenvalue weighted by molar-refractivity contribution is -0.120. The number of benzene rings is 1. The van der Waals surface area contributed by atoms with E-state index in [1.165, 1.54) is 9.80 Å². The molecular formula is C13H19N3O2S. The fourth-order valence-electron chi connectivity index (χ4n) is 1.34. The first-order chi connectivity index (χ1) is 9.13. The van der Waals surface area contributed by atoms with Gasteiger partial charge >= 0.3 is 6.03 Å². The Morgan fingerprint density at radius 2 is 1.95 bits per heavy atom. The van der Waals surface area contributed by atoms with E-state index in [9.17, 15) is 9.59 Å². The van der Waals surface area contributed by atoms with Gasteiger partial charge in [-0.3, -0.25) is 4.79 Å². The smallest absolute Gasteiger partial charge is 0.317 e. The molecule has 5 nitrogen and oxygen atoms in total. The topological polar surface area (TPSA) is 61.4 Å². The Labute approximate surface area is 117 Å². The normalized spacial score (nSPS) is 9.79. The van der Waals surface area contributed by atoms with E-state index in [1.54, 1.807) is 25.9 Å². The molecule has 6 heteroatoms. The van der Waals surface area contributed by atoms with Crippen LogP contribution in [0.2, 0.25) is 0 Å². The largest absolute Gasteiger partial charge is 0.358 e. The molecule has 0 bridgehead atoms. The summed E-state index contributed by atoms with van der Waals surface area (Å²) in [5, 5.41) is 5.24. The molecule has 0 spiro atoms. The number of urea groups is 1. The summed E-state index contributed by atoms with van der Waals surface area (Å²) in [4.78, 5) is 25.3. The van der Waals surface area contributed by atoms with Crippen molar-refractivity contribution in [3.05, 3.63) is 30.3 Å². The first-order valence-corrected chi connectivity index (χ1v) is 6.99. The van der Waals surface area contributed by atoms with Crippen molar-refractivity contribution in [3.63, 3.8) is 0 Å². The number of thioether (sulfide) groups is 1. The molecule has 0 unspecified atom stereocenters. The van der Waals surface area contributed by atoms with Crippen LogP contribution < -0.4 is 10.6 Å². The number of carbonyl (C=O) groups is 2. The molecule has 1 aromatic carbocycles. The van der Waals surface area contributed by atoms with E-state index in [0.29, 0.717) is 6.54 Å². The van der Waals surface area contributed by atoms with E-state index in [-0.39, 0.29) is 18.5 Å². The van der Waals surface area contributed by atoms with Crippen LogP contribution in [0.3, 0.4) is 0 Å². The van der Waals surface area contributed by atoms with Crippen LogP contribution in [0.5, 0.6) is 0 Å². The van der Waals surface area contributed by atoms with Gasteiger partial charge in [-0.1, -0.05) is 18.2 Å². The molecule has 0 heterocycles. The van der Waals surface area contributed by atoms with Crippen LogP contribution in [0.15, 0.2) is 35.2 Å². The predicted octanol–water partition coefficient (Wildman–Crippen LogP) is 1.17. The first kappa shape index (κ1) is 15.4. The predicted molar refractivity (Wildman–Crippen MR) is 77.3 cm³/mol. The summed E-state index contributed by atoms with van der Waals surface area (Å²) in [5.74, 6) is 0.611. The third-order valence-corrected chi connectivity index (χ3v) is 3.41. The zero-order chi connectivity index (χ0) is 14.1. The van der Waals surface area contributed by atoms with Crippen molar-refractivity contribution in [1.29, 1.82) is 0 Å². The van der Waals surface area contributed by atoms with Gasteiger partial charge in [0, 0.05) is 31.3 Å². The minimum atomic E-state index is -0.239. The maximum Gasteiger partial charge on any atom is 0.317 e. The van der Waals surface area contributed by atoms with Gasteiger partial charge in [0.2, 0.25) is 5.91 Å². The standard InChI is InChI=1S/C13H19N3O2S/c1-14-12(17)10-16(2)13(18)15-8-9-19-11-6-4-3-5-7-11/h3-7H,8-10H2,1-2H3,(H,14,17)(H,15,18). The zero-order valence-electron chi connectivity index (χ0n) is 11.2. The molecule has 1 aromatic rings. The van der Waals surface area contributed by atoms with Crippen LogP contribution in [0, 0.1) is 0 Å². The average Bonchev–Trinajstić information content (AvgIpc) is 2.44. The molecule has 2 N–H and O–H groups in total. The molecule has 0 aromatic heterocycles. The Bertz CT molecular complexity index is 412. The summed E-state index contributed by atoms with van der Waals surface area (Å²) < 4.78 is 0. The lowest BCUT2D eigenvalue weighted by Crippen LogP contribution is -2.43. The lowest BCUT2D eigenvalue weighted by atomic mass is 10.4. The molecule has 0 fully saturated rings. The van der Waals surface area contributed by atoms with Crippen molar-refractivity contribution in [2.24, 2.45) is 0 Å². The average molecular weight is 281 g/mol. The van der Waals surface area contributed by atoms with E-state index < -0.39 is 0 Å². The highest BCUT2D eigenvalue weighted by Gasteiger charge is 2.10. The molecule has 0 atom stereocenters. The van der Waals surface area contributed by atoms with Gasteiger partial charge in [0.1, 0.15) is 6.54 Å². The van der Waals surface area contributed by atoms with Crippen molar-refractivity contribution in [1.82, 2.24) is 15.5 Å². The summed E-state index contributed by atoms with van der Waals surface area (Å²) in [7, 11) is 3.14. The third kappa shape index (κ3) is 6.15. The van der Waals surface area contributed by atoms with Crippen LogP contribution in [-0.4, -0.2) is 49.8 Å². The second kappa shape index (κ2) is 8.42. The summed E-state index contributed by atoms with van der Waals surface area (Å²) in [6, 6.07) is 9.77.